The van der Waals surface area contributed by atoms with Crippen LogP contribution in [0.25, 0.3) is 0 Å². The number of rotatable bonds is 5. The molecule has 0 saturated carbocycles. The van der Waals surface area contributed by atoms with E-state index in [1.165, 1.54) is 23.9 Å². The molecular weight excluding hydrogens is 399 g/mol. The summed E-state index contributed by atoms with van der Waals surface area (Å²) in [5, 5.41) is 2.86. The van der Waals surface area contributed by atoms with E-state index in [1.807, 2.05) is 13.8 Å². The third-order valence-corrected chi connectivity index (χ3v) is 6.13. The lowest BCUT2D eigenvalue weighted by atomic mass is 10.1. The molecule has 4 nitrogen and oxygen atoms in total. The van der Waals surface area contributed by atoms with Crippen molar-refractivity contribution in [2.45, 2.75) is 25.3 Å². The predicted octanol–water partition coefficient (Wildman–Crippen LogP) is 4.51. The minimum absolute atomic E-state index is 0.189. The van der Waals surface area contributed by atoms with Gasteiger partial charge in [-0.1, -0.05) is 49.7 Å². The highest BCUT2D eigenvalue weighted by Gasteiger charge is 2.42. The number of amides is 2. The molecule has 148 valence electrons. The molecule has 1 fully saturated rings. The Kier molecular flexibility index (Phi) is 6.62. The van der Waals surface area contributed by atoms with Crippen molar-refractivity contribution in [3.63, 3.8) is 0 Å². The van der Waals surface area contributed by atoms with E-state index in [9.17, 15) is 14.0 Å². The summed E-state index contributed by atoms with van der Waals surface area (Å²) in [5.74, 6) is -0.0799. The zero-order chi connectivity index (χ0) is 20.3. The fourth-order valence-electron chi connectivity index (χ4n) is 3.04. The van der Waals surface area contributed by atoms with Crippen LogP contribution in [0, 0.1) is 11.7 Å². The Bertz CT molecular complexity index is 860. The topological polar surface area (TPSA) is 49.4 Å². The molecule has 0 unspecified atom stereocenters. The van der Waals surface area contributed by atoms with E-state index in [0.29, 0.717) is 28.8 Å². The molecule has 1 aliphatic heterocycles. The number of benzene rings is 2. The summed E-state index contributed by atoms with van der Waals surface area (Å²) in [6, 6.07) is 12.2. The molecule has 2 amide bonds. The standard InChI is InChI=1S/C21H22ClFN2O2S/c1-13(2)11-24-19(26)18-12-28-21(14-7-9-15(23)10-8-14)25(18)20(27)16-5-3-4-6-17(16)22/h3-10,13,18,21H,11-12H2,1-2H3,(H,24,26)/t18-,21+/m1/s1. The van der Waals surface area contributed by atoms with Gasteiger partial charge in [-0.2, -0.15) is 0 Å². The molecular formula is C21H22ClFN2O2S. The van der Waals surface area contributed by atoms with Gasteiger partial charge in [-0.05, 0) is 35.7 Å². The Labute approximate surface area is 173 Å². The lowest BCUT2D eigenvalue weighted by Gasteiger charge is -2.29. The maximum absolute atomic E-state index is 13.4. The summed E-state index contributed by atoms with van der Waals surface area (Å²) in [4.78, 5) is 27.7. The predicted molar refractivity (Wildman–Crippen MR) is 111 cm³/mol. The second-order valence-electron chi connectivity index (χ2n) is 7.08. The van der Waals surface area contributed by atoms with Gasteiger partial charge in [0.15, 0.2) is 0 Å². The van der Waals surface area contributed by atoms with E-state index < -0.39 is 6.04 Å². The number of carbonyl (C=O) groups is 2. The minimum atomic E-state index is -0.623. The minimum Gasteiger partial charge on any atom is -0.354 e. The maximum Gasteiger partial charge on any atom is 0.257 e. The van der Waals surface area contributed by atoms with E-state index in [-0.39, 0.29) is 23.0 Å². The normalized spacial score (nSPS) is 19.1. The van der Waals surface area contributed by atoms with Gasteiger partial charge >= 0.3 is 0 Å². The third kappa shape index (κ3) is 4.50. The lowest BCUT2D eigenvalue weighted by Crippen LogP contribution is -2.48. The van der Waals surface area contributed by atoms with Crippen LogP contribution in [-0.2, 0) is 4.79 Å². The molecule has 28 heavy (non-hydrogen) atoms. The number of nitrogens with zero attached hydrogens (tertiary/aromatic N) is 1. The third-order valence-electron chi connectivity index (χ3n) is 4.48. The molecule has 2 atom stereocenters. The van der Waals surface area contributed by atoms with Crippen LogP contribution in [0.3, 0.4) is 0 Å². The van der Waals surface area contributed by atoms with E-state index in [0.717, 1.165) is 5.56 Å². The SMILES string of the molecule is CC(C)CNC(=O)[C@H]1CS[C@@H](c2ccc(F)cc2)N1C(=O)c1ccccc1Cl. The van der Waals surface area contributed by atoms with Crippen LogP contribution in [0.4, 0.5) is 4.39 Å². The van der Waals surface area contributed by atoms with Crippen molar-refractivity contribution < 1.29 is 14.0 Å². The molecule has 3 rings (SSSR count). The molecule has 2 aromatic carbocycles. The molecule has 0 aliphatic carbocycles. The van der Waals surface area contributed by atoms with Crippen molar-refractivity contribution in [2.24, 2.45) is 5.92 Å². The van der Waals surface area contributed by atoms with Crippen LogP contribution in [0.2, 0.25) is 5.02 Å². The summed E-state index contributed by atoms with van der Waals surface area (Å²) in [6.45, 7) is 4.56. The van der Waals surface area contributed by atoms with Crippen molar-refractivity contribution >= 4 is 35.2 Å². The van der Waals surface area contributed by atoms with Crippen molar-refractivity contribution in [3.05, 3.63) is 70.5 Å². The van der Waals surface area contributed by atoms with Gasteiger partial charge in [0.05, 0.1) is 10.6 Å². The van der Waals surface area contributed by atoms with Crippen molar-refractivity contribution in [1.29, 1.82) is 0 Å². The molecule has 1 saturated heterocycles. The number of halogens is 2. The maximum atomic E-state index is 13.4. The zero-order valence-electron chi connectivity index (χ0n) is 15.7. The van der Waals surface area contributed by atoms with E-state index in [4.69, 9.17) is 11.6 Å². The second-order valence-corrected chi connectivity index (χ2v) is 8.60. The van der Waals surface area contributed by atoms with Crippen molar-refractivity contribution in [1.82, 2.24) is 10.2 Å². The van der Waals surface area contributed by atoms with Crippen LogP contribution >= 0.6 is 23.4 Å². The summed E-state index contributed by atoms with van der Waals surface area (Å²) < 4.78 is 13.4. The smallest absolute Gasteiger partial charge is 0.257 e. The van der Waals surface area contributed by atoms with Crippen LogP contribution in [0.5, 0.6) is 0 Å². The largest absolute Gasteiger partial charge is 0.354 e. The highest BCUT2D eigenvalue weighted by Crippen LogP contribution is 2.42. The zero-order valence-corrected chi connectivity index (χ0v) is 17.3. The Morgan fingerprint density at radius 2 is 1.89 bits per heavy atom. The quantitative estimate of drug-likeness (QED) is 0.774. The average Bonchev–Trinajstić information content (AvgIpc) is 3.11. The summed E-state index contributed by atoms with van der Waals surface area (Å²) in [6.07, 6.45) is 0. The molecule has 0 aromatic heterocycles. The number of nitrogens with one attached hydrogen (secondary N) is 1. The lowest BCUT2D eigenvalue weighted by molar-refractivity contribution is -0.125. The van der Waals surface area contributed by atoms with E-state index >= 15 is 0 Å². The fraction of sp³-hybridized carbons (Fsp3) is 0.333. The summed E-state index contributed by atoms with van der Waals surface area (Å²) >= 11 is 7.73. The van der Waals surface area contributed by atoms with Gasteiger partial charge in [0, 0.05) is 12.3 Å². The average molecular weight is 421 g/mol. The van der Waals surface area contributed by atoms with E-state index in [1.54, 1.807) is 41.3 Å². The Morgan fingerprint density at radius 1 is 1.21 bits per heavy atom. The van der Waals surface area contributed by atoms with Crippen LogP contribution in [0.15, 0.2) is 48.5 Å². The summed E-state index contributed by atoms with van der Waals surface area (Å²) in [7, 11) is 0. The highest BCUT2D eigenvalue weighted by atomic mass is 35.5. The first-order valence-corrected chi connectivity index (χ1v) is 10.5. The molecule has 1 heterocycles. The van der Waals surface area contributed by atoms with Gasteiger partial charge in [-0.25, -0.2) is 4.39 Å². The summed E-state index contributed by atoms with van der Waals surface area (Å²) in [5.41, 5.74) is 1.12. The van der Waals surface area contributed by atoms with Gasteiger partial charge < -0.3 is 10.2 Å². The van der Waals surface area contributed by atoms with E-state index in [2.05, 4.69) is 5.32 Å². The number of carbonyl (C=O) groups excluding carboxylic acids is 2. The fourth-order valence-corrected chi connectivity index (χ4v) is 4.68. The first kappa shape index (κ1) is 20.7. The Morgan fingerprint density at radius 3 is 2.54 bits per heavy atom. The number of hydrogen-bond acceptors (Lipinski definition) is 3. The number of thioether (sulfide) groups is 1. The first-order valence-electron chi connectivity index (χ1n) is 9.10. The molecule has 0 spiro atoms. The van der Waals surface area contributed by atoms with Crippen molar-refractivity contribution in [3.8, 4) is 0 Å². The monoisotopic (exact) mass is 420 g/mol. The first-order chi connectivity index (χ1) is 13.4. The van der Waals surface area contributed by atoms with Crippen LogP contribution in [-0.4, -0.2) is 35.1 Å². The number of hydrogen-bond donors (Lipinski definition) is 1. The van der Waals surface area contributed by atoms with Gasteiger partial charge in [0.1, 0.15) is 17.2 Å². The van der Waals surface area contributed by atoms with Crippen LogP contribution in [0.1, 0.15) is 35.1 Å². The van der Waals surface area contributed by atoms with Crippen LogP contribution < -0.4 is 5.32 Å². The molecule has 0 radical (unpaired) electrons. The van der Waals surface area contributed by atoms with Gasteiger partial charge in [-0.15, -0.1) is 11.8 Å². The second kappa shape index (κ2) is 8.97. The van der Waals surface area contributed by atoms with Gasteiger partial charge in [-0.3, -0.25) is 9.59 Å². The molecule has 7 heteroatoms. The molecule has 1 N–H and O–H groups in total. The van der Waals surface area contributed by atoms with Gasteiger partial charge in [0.2, 0.25) is 5.91 Å². The Hall–Kier alpha value is -2.05. The molecule has 0 bridgehead atoms. The van der Waals surface area contributed by atoms with Gasteiger partial charge in [0.25, 0.3) is 5.91 Å². The Balaban J connectivity index is 1.94. The molecule has 1 aliphatic rings. The molecule has 2 aromatic rings. The highest BCUT2D eigenvalue weighted by molar-refractivity contribution is 7.99. The van der Waals surface area contributed by atoms with Crippen molar-refractivity contribution in [2.75, 3.05) is 12.3 Å².